The van der Waals surface area contributed by atoms with Crippen molar-refractivity contribution >= 4 is 27.8 Å². The van der Waals surface area contributed by atoms with Crippen molar-refractivity contribution in [1.29, 1.82) is 0 Å². The average molecular weight is 267 g/mol. The van der Waals surface area contributed by atoms with Gasteiger partial charge in [0.15, 0.2) is 0 Å². The van der Waals surface area contributed by atoms with E-state index in [2.05, 4.69) is 10.3 Å². The molecular weight excluding hydrogens is 254 g/mol. The lowest BCUT2D eigenvalue weighted by molar-refractivity contribution is 0.0699. The average Bonchev–Trinajstić information content (AvgIpc) is 2.70. The van der Waals surface area contributed by atoms with Crippen LogP contribution in [0, 0.1) is 0 Å². The molecule has 2 atom stereocenters. The van der Waals surface area contributed by atoms with Gasteiger partial charge in [-0.3, -0.25) is 4.21 Å². The molecule has 0 fully saturated rings. The number of rotatable bonds is 4. The van der Waals surface area contributed by atoms with Crippen LogP contribution in [0.5, 0.6) is 0 Å². The summed E-state index contributed by atoms with van der Waals surface area (Å²) in [5.74, 6) is -0.574. The molecule has 7 heteroatoms. The maximum atomic E-state index is 11.2. The molecule has 0 saturated heterocycles. The molecule has 18 heavy (non-hydrogen) atoms. The molecule has 0 amide bonds. The van der Waals surface area contributed by atoms with E-state index in [1.165, 1.54) is 6.07 Å². The Hall–Kier alpha value is -1.76. The minimum atomic E-state index is -1.03. The van der Waals surface area contributed by atoms with Gasteiger partial charge >= 0.3 is 5.97 Å². The number of carboxylic acids is 1. The van der Waals surface area contributed by atoms with Crippen LogP contribution in [0.1, 0.15) is 23.3 Å². The van der Waals surface area contributed by atoms with Gasteiger partial charge < -0.3 is 5.11 Å². The molecule has 1 aromatic carbocycles. The van der Waals surface area contributed by atoms with Crippen molar-refractivity contribution in [2.45, 2.75) is 13.0 Å². The Bertz CT molecular complexity index is 623. The van der Waals surface area contributed by atoms with Gasteiger partial charge in [-0.1, -0.05) is 11.3 Å². The first-order chi connectivity index (χ1) is 8.50. The second-order valence-electron chi connectivity index (χ2n) is 4.10. The maximum absolute atomic E-state index is 11.2. The van der Waals surface area contributed by atoms with Crippen molar-refractivity contribution in [2.75, 3.05) is 12.0 Å². The molecule has 0 radical (unpaired) electrons. The number of aromatic nitrogens is 3. The standard InChI is InChI=1S/C11H13N3O3S/c1-7(6-18(2)17)14-9-5-3-4-8(11(15)16)10(9)12-13-14/h3-5,7H,6H2,1-2H3,(H,15,16). The summed E-state index contributed by atoms with van der Waals surface area (Å²) in [4.78, 5) is 11.0. The van der Waals surface area contributed by atoms with Gasteiger partial charge in [-0.15, -0.1) is 5.10 Å². The Kier molecular flexibility index (Phi) is 3.42. The normalized spacial score (nSPS) is 14.6. The third kappa shape index (κ3) is 2.26. The number of hydrogen-bond acceptors (Lipinski definition) is 4. The number of hydrogen-bond donors (Lipinski definition) is 1. The molecule has 0 bridgehead atoms. The molecule has 1 N–H and O–H groups in total. The maximum Gasteiger partial charge on any atom is 0.338 e. The fraction of sp³-hybridized carbons (Fsp3) is 0.364. The predicted octanol–water partition coefficient (Wildman–Crippen LogP) is 1.07. The molecular formula is C11H13N3O3S. The van der Waals surface area contributed by atoms with Gasteiger partial charge in [0.2, 0.25) is 0 Å². The summed E-state index contributed by atoms with van der Waals surface area (Å²) in [6.07, 6.45) is 1.62. The zero-order valence-electron chi connectivity index (χ0n) is 10.0. The fourth-order valence-corrected chi connectivity index (χ4v) is 2.69. The largest absolute Gasteiger partial charge is 0.478 e. The third-order valence-electron chi connectivity index (χ3n) is 2.63. The molecule has 0 aliphatic rings. The minimum Gasteiger partial charge on any atom is -0.478 e. The van der Waals surface area contributed by atoms with E-state index in [9.17, 15) is 9.00 Å². The van der Waals surface area contributed by atoms with E-state index >= 15 is 0 Å². The van der Waals surface area contributed by atoms with Crippen LogP contribution in [0.25, 0.3) is 11.0 Å². The second kappa shape index (κ2) is 4.85. The number of aromatic carboxylic acids is 1. The van der Waals surface area contributed by atoms with Crippen molar-refractivity contribution in [1.82, 2.24) is 15.0 Å². The molecule has 1 heterocycles. The van der Waals surface area contributed by atoms with Gasteiger partial charge in [0.25, 0.3) is 0 Å². The van der Waals surface area contributed by atoms with Crippen LogP contribution in [0.2, 0.25) is 0 Å². The van der Waals surface area contributed by atoms with Gasteiger partial charge in [0.1, 0.15) is 5.52 Å². The van der Waals surface area contributed by atoms with E-state index in [-0.39, 0.29) is 11.6 Å². The van der Waals surface area contributed by atoms with Gasteiger partial charge in [-0.2, -0.15) is 0 Å². The highest BCUT2D eigenvalue weighted by molar-refractivity contribution is 7.84. The van der Waals surface area contributed by atoms with Crippen molar-refractivity contribution in [2.24, 2.45) is 0 Å². The molecule has 2 aromatic rings. The quantitative estimate of drug-likeness (QED) is 0.895. The van der Waals surface area contributed by atoms with Crippen molar-refractivity contribution in [3.05, 3.63) is 23.8 Å². The van der Waals surface area contributed by atoms with E-state index in [1.807, 2.05) is 6.92 Å². The first-order valence-corrected chi connectivity index (χ1v) is 7.10. The van der Waals surface area contributed by atoms with Crippen LogP contribution in [0.15, 0.2) is 18.2 Å². The molecule has 2 rings (SSSR count). The SMILES string of the molecule is CC(CS(C)=O)n1nnc2c(C(=O)O)cccc21. The van der Waals surface area contributed by atoms with Crippen LogP contribution < -0.4 is 0 Å². The zero-order valence-corrected chi connectivity index (χ0v) is 10.8. The van der Waals surface area contributed by atoms with Crippen molar-refractivity contribution in [3.8, 4) is 0 Å². The molecule has 0 spiro atoms. The lowest BCUT2D eigenvalue weighted by Gasteiger charge is -2.10. The summed E-state index contributed by atoms with van der Waals surface area (Å²) in [5.41, 5.74) is 1.13. The third-order valence-corrected chi connectivity index (χ3v) is 3.58. The number of nitrogens with zero attached hydrogens (tertiary/aromatic N) is 3. The van der Waals surface area contributed by atoms with Gasteiger partial charge in [0.05, 0.1) is 17.1 Å². The number of carbonyl (C=O) groups is 1. The lowest BCUT2D eigenvalue weighted by Crippen LogP contribution is -2.14. The minimum absolute atomic E-state index is 0.0927. The first kappa shape index (κ1) is 12.7. The van der Waals surface area contributed by atoms with E-state index in [0.717, 1.165) is 0 Å². The van der Waals surface area contributed by atoms with E-state index in [0.29, 0.717) is 16.8 Å². The fourth-order valence-electron chi connectivity index (χ4n) is 1.87. The highest BCUT2D eigenvalue weighted by atomic mass is 32.2. The summed E-state index contributed by atoms with van der Waals surface area (Å²) in [5, 5.41) is 16.9. The van der Waals surface area contributed by atoms with Crippen molar-refractivity contribution in [3.63, 3.8) is 0 Å². The summed E-state index contributed by atoms with van der Waals surface area (Å²) >= 11 is 0. The van der Waals surface area contributed by atoms with Crippen LogP contribution in [-0.2, 0) is 10.8 Å². The molecule has 96 valence electrons. The van der Waals surface area contributed by atoms with E-state index in [4.69, 9.17) is 5.11 Å². The number of carboxylic acid groups (broad SMARTS) is 1. The Labute approximate surface area is 106 Å². The predicted molar refractivity (Wildman–Crippen MR) is 68.1 cm³/mol. The van der Waals surface area contributed by atoms with Crippen LogP contribution in [0.3, 0.4) is 0 Å². The van der Waals surface area contributed by atoms with E-state index in [1.54, 1.807) is 23.1 Å². The van der Waals surface area contributed by atoms with Crippen molar-refractivity contribution < 1.29 is 14.1 Å². The molecule has 2 unspecified atom stereocenters. The lowest BCUT2D eigenvalue weighted by atomic mass is 10.2. The Morgan fingerprint density at radius 1 is 1.56 bits per heavy atom. The van der Waals surface area contributed by atoms with Crippen LogP contribution in [-0.4, -0.2) is 42.3 Å². The number of fused-ring (bicyclic) bond motifs is 1. The topological polar surface area (TPSA) is 85.1 Å². The Morgan fingerprint density at radius 2 is 2.28 bits per heavy atom. The summed E-state index contributed by atoms with van der Waals surface area (Å²) < 4.78 is 12.8. The van der Waals surface area contributed by atoms with Crippen LogP contribution >= 0.6 is 0 Å². The molecule has 6 nitrogen and oxygen atoms in total. The van der Waals surface area contributed by atoms with E-state index < -0.39 is 16.8 Å². The molecule has 0 saturated carbocycles. The highest BCUT2D eigenvalue weighted by Gasteiger charge is 2.17. The Morgan fingerprint density at radius 3 is 2.89 bits per heavy atom. The first-order valence-electron chi connectivity index (χ1n) is 5.38. The highest BCUT2D eigenvalue weighted by Crippen LogP contribution is 2.19. The molecule has 0 aliphatic heterocycles. The monoisotopic (exact) mass is 267 g/mol. The van der Waals surface area contributed by atoms with Crippen LogP contribution in [0.4, 0.5) is 0 Å². The summed E-state index contributed by atoms with van der Waals surface area (Å²) in [6, 6.07) is 4.81. The second-order valence-corrected chi connectivity index (χ2v) is 5.58. The summed E-state index contributed by atoms with van der Waals surface area (Å²) in [6.45, 7) is 1.88. The molecule has 1 aromatic heterocycles. The number of benzene rings is 1. The zero-order chi connectivity index (χ0) is 13.3. The summed E-state index contributed by atoms with van der Waals surface area (Å²) in [7, 11) is -0.942. The van der Waals surface area contributed by atoms with Gasteiger partial charge in [0, 0.05) is 22.8 Å². The van der Waals surface area contributed by atoms with Gasteiger partial charge in [-0.05, 0) is 19.1 Å². The van der Waals surface area contributed by atoms with Gasteiger partial charge in [-0.25, -0.2) is 9.48 Å². The molecule has 0 aliphatic carbocycles. The Balaban J connectivity index is 2.52. The smallest absolute Gasteiger partial charge is 0.338 e.